The summed E-state index contributed by atoms with van der Waals surface area (Å²) in [6.07, 6.45) is 0. The summed E-state index contributed by atoms with van der Waals surface area (Å²) in [6, 6.07) is 12.7. The topological polar surface area (TPSA) is 87.4 Å². The van der Waals surface area contributed by atoms with Crippen molar-refractivity contribution in [2.75, 3.05) is 0 Å². The molecule has 0 radical (unpaired) electrons. The van der Waals surface area contributed by atoms with Gasteiger partial charge in [-0.05, 0) is 56.5 Å². The zero-order valence-electron chi connectivity index (χ0n) is 15.4. The molecule has 3 aromatic heterocycles. The lowest BCUT2D eigenvalue weighted by molar-refractivity contribution is -0.138. The first kappa shape index (κ1) is 20.2. The van der Waals surface area contributed by atoms with Gasteiger partial charge in [0.1, 0.15) is 5.54 Å². The number of thiophene rings is 3. The third kappa shape index (κ3) is 4.16. The number of hydrogen-bond donors (Lipinski definition) is 4. The second-order valence-corrected chi connectivity index (χ2v) is 10.2. The van der Waals surface area contributed by atoms with E-state index in [-0.39, 0.29) is 0 Å². The molecule has 0 saturated heterocycles. The van der Waals surface area contributed by atoms with Crippen LogP contribution in [0.3, 0.4) is 0 Å². The van der Waals surface area contributed by atoms with Crippen LogP contribution in [0, 0.1) is 0 Å². The molecule has 8 heteroatoms. The van der Waals surface area contributed by atoms with Gasteiger partial charge in [-0.15, -0.1) is 34.0 Å². The number of hydroxylamine groups is 1. The molecule has 1 atom stereocenters. The van der Waals surface area contributed by atoms with Crippen molar-refractivity contribution in [3.8, 4) is 19.5 Å². The van der Waals surface area contributed by atoms with Crippen molar-refractivity contribution in [2.24, 2.45) is 5.73 Å². The van der Waals surface area contributed by atoms with Crippen LogP contribution in [0.1, 0.15) is 25.6 Å². The van der Waals surface area contributed by atoms with E-state index in [2.05, 4.69) is 47.1 Å². The Hall–Kier alpha value is -1.55. The molecule has 0 aromatic carbocycles. The monoisotopic (exact) mass is 421 g/mol. The number of nitrogens with one attached hydrogen (secondary N) is 2. The SMILES string of the molecule is CC(C)(N)C(C)(NCc1ccc(-c2ccc(-c3cccs3)s2)s1)C(=O)NO. The van der Waals surface area contributed by atoms with Crippen LogP contribution < -0.4 is 16.5 Å². The van der Waals surface area contributed by atoms with Gasteiger partial charge in [0.05, 0.1) is 0 Å². The lowest BCUT2D eigenvalue weighted by Gasteiger charge is -2.40. The van der Waals surface area contributed by atoms with E-state index in [0.29, 0.717) is 6.54 Å². The average molecular weight is 422 g/mol. The molecule has 27 heavy (non-hydrogen) atoms. The highest BCUT2D eigenvalue weighted by molar-refractivity contribution is 7.26. The largest absolute Gasteiger partial charge is 0.324 e. The van der Waals surface area contributed by atoms with E-state index < -0.39 is 17.0 Å². The van der Waals surface area contributed by atoms with Gasteiger partial charge in [0.25, 0.3) is 5.91 Å². The molecule has 144 valence electrons. The summed E-state index contributed by atoms with van der Waals surface area (Å²) in [6.45, 7) is 5.69. The van der Waals surface area contributed by atoms with Gasteiger partial charge in [0.15, 0.2) is 0 Å². The minimum Gasteiger partial charge on any atom is -0.324 e. The van der Waals surface area contributed by atoms with Crippen LogP contribution >= 0.6 is 34.0 Å². The highest BCUT2D eigenvalue weighted by Gasteiger charge is 2.44. The number of carbonyl (C=O) groups excluding carboxylic acids is 1. The fourth-order valence-corrected chi connectivity index (χ4v) is 5.48. The Morgan fingerprint density at radius 1 is 1.04 bits per heavy atom. The quantitative estimate of drug-likeness (QED) is 0.338. The Morgan fingerprint density at radius 3 is 2.26 bits per heavy atom. The maximum atomic E-state index is 12.1. The van der Waals surface area contributed by atoms with Crippen molar-refractivity contribution in [3.63, 3.8) is 0 Å². The minimum atomic E-state index is -1.11. The zero-order valence-corrected chi connectivity index (χ0v) is 17.9. The Balaban J connectivity index is 1.74. The van der Waals surface area contributed by atoms with E-state index in [4.69, 9.17) is 10.9 Å². The third-order valence-corrected chi connectivity index (χ3v) is 8.17. The normalized spacial score (nSPS) is 14.1. The van der Waals surface area contributed by atoms with Crippen LogP contribution in [0.15, 0.2) is 41.8 Å². The number of rotatable bonds is 7. The van der Waals surface area contributed by atoms with Gasteiger partial charge in [-0.3, -0.25) is 15.3 Å². The molecule has 1 unspecified atom stereocenters. The number of nitrogens with two attached hydrogens (primary N) is 1. The summed E-state index contributed by atoms with van der Waals surface area (Å²) in [5.74, 6) is -0.550. The summed E-state index contributed by atoms with van der Waals surface area (Å²) in [5, 5.41) is 14.4. The Labute approximate surface area is 170 Å². The highest BCUT2D eigenvalue weighted by atomic mass is 32.1. The van der Waals surface area contributed by atoms with Gasteiger partial charge in [-0.25, -0.2) is 5.48 Å². The van der Waals surface area contributed by atoms with Crippen LogP contribution in [0.2, 0.25) is 0 Å². The molecule has 3 rings (SSSR count). The van der Waals surface area contributed by atoms with Gasteiger partial charge >= 0.3 is 0 Å². The maximum Gasteiger partial charge on any atom is 0.265 e. The molecule has 0 aliphatic heterocycles. The van der Waals surface area contributed by atoms with E-state index >= 15 is 0 Å². The van der Waals surface area contributed by atoms with Crippen molar-refractivity contribution in [1.82, 2.24) is 10.8 Å². The fraction of sp³-hybridized carbons (Fsp3) is 0.316. The van der Waals surface area contributed by atoms with E-state index in [0.717, 1.165) is 4.88 Å². The van der Waals surface area contributed by atoms with E-state index in [9.17, 15) is 4.79 Å². The second kappa shape index (κ2) is 7.83. The molecule has 0 spiro atoms. The molecule has 3 aromatic rings. The predicted molar refractivity (Wildman–Crippen MR) is 114 cm³/mol. The first-order chi connectivity index (χ1) is 12.7. The van der Waals surface area contributed by atoms with Crippen LogP contribution in [0.4, 0.5) is 0 Å². The Morgan fingerprint density at radius 2 is 1.67 bits per heavy atom. The predicted octanol–water partition coefficient (Wildman–Crippen LogP) is 4.30. The smallest absolute Gasteiger partial charge is 0.265 e. The maximum absolute atomic E-state index is 12.1. The molecule has 0 bridgehead atoms. The molecule has 1 amide bonds. The number of carbonyl (C=O) groups is 1. The first-order valence-electron chi connectivity index (χ1n) is 8.46. The van der Waals surface area contributed by atoms with Gasteiger partial charge in [-0.1, -0.05) is 6.07 Å². The third-order valence-electron chi connectivity index (χ3n) is 4.74. The van der Waals surface area contributed by atoms with Crippen LogP contribution in [-0.4, -0.2) is 22.2 Å². The standard InChI is InChI=1S/C19H23N3O2S3/c1-18(2,20)19(3,17(23)22-24)21-11-12-6-7-15(26-12)16-9-8-14(27-16)13-5-4-10-25-13/h4-10,21,24H,11,20H2,1-3H3,(H,22,23). The molecule has 0 fully saturated rings. The summed E-state index contributed by atoms with van der Waals surface area (Å²) >= 11 is 5.20. The summed E-state index contributed by atoms with van der Waals surface area (Å²) in [4.78, 5) is 18.2. The Bertz CT molecular complexity index is 909. The molecule has 0 aliphatic carbocycles. The van der Waals surface area contributed by atoms with Gasteiger partial charge < -0.3 is 5.73 Å². The average Bonchev–Trinajstić information content (AvgIpc) is 3.37. The summed E-state index contributed by atoms with van der Waals surface area (Å²) < 4.78 is 0. The molecular weight excluding hydrogens is 398 g/mol. The number of amides is 1. The highest BCUT2D eigenvalue weighted by Crippen LogP contribution is 2.39. The van der Waals surface area contributed by atoms with Gasteiger partial charge in [0.2, 0.25) is 0 Å². The fourth-order valence-electron chi connectivity index (χ4n) is 2.60. The van der Waals surface area contributed by atoms with E-state index in [1.807, 2.05) is 0 Å². The first-order valence-corrected chi connectivity index (χ1v) is 11.0. The van der Waals surface area contributed by atoms with Crippen LogP contribution in [0.25, 0.3) is 19.5 Å². The lowest BCUT2D eigenvalue weighted by atomic mass is 9.81. The summed E-state index contributed by atoms with van der Waals surface area (Å²) in [7, 11) is 0. The van der Waals surface area contributed by atoms with E-state index in [1.54, 1.807) is 60.3 Å². The van der Waals surface area contributed by atoms with Gasteiger partial charge in [-0.2, -0.15) is 0 Å². The van der Waals surface area contributed by atoms with Crippen LogP contribution in [0.5, 0.6) is 0 Å². The molecule has 0 aliphatic rings. The van der Waals surface area contributed by atoms with E-state index in [1.165, 1.54) is 19.5 Å². The van der Waals surface area contributed by atoms with Crippen molar-refractivity contribution in [3.05, 3.63) is 46.7 Å². The lowest BCUT2D eigenvalue weighted by Crippen LogP contribution is -2.69. The van der Waals surface area contributed by atoms with Crippen molar-refractivity contribution in [2.45, 2.75) is 38.4 Å². The molecule has 0 saturated carbocycles. The van der Waals surface area contributed by atoms with Crippen molar-refractivity contribution >= 4 is 39.9 Å². The molecule has 5 nitrogen and oxygen atoms in total. The molecular formula is C19H23N3O2S3. The van der Waals surface area contributed by atoms with Crippen molar-refractivity contribution < 1.29 is 10.0 Å². The zero-order chi connectivity index (χ0) is 19.7. The minimum absolute atomic E-state index is 0.484. The number of hydrogen-bond acceptors (Lipinski definition) is 7. The van der Waals surface area contributed by atoms with Gasteiger partial charge in [0, 0.05) is 36.5 Å². The summed E-state index contributed by atoms with van der Waals surface area (Å²) in [5.41, 5.74) is 5.92. The molecule has 3 heterocycles. The van der Waals surface area contributed by atoms with Crippen LogP contribution in [-0.2, 0) is 11.3 Å². The van der Waals surface area contributed by atoms with Crippen molar-refractivity contribution in [1.29, 1.82) is 0 Å². The second-order valence-electron chi connectivity index (χ2n) is 7.05. The molecule has 5 N–H and O–H groups in total. The Kier molecular flexibility index (Phi) is 5.85.